The molecule has 1 aliphatic heterocycles. The maximum absolute atomic E-state index is 5.90. The first kappa shape index (κ1) is 17.6. The number of ether oxygens (including phenoxy) is 2. The summed E-state index contributed by atoms with van der Waals surface area (Å²) >= 11 is 0. The number of pyridine rings is 2. The van der Waals surface area contributed by atoms with Gasteiger partial charge in [-0.2, -0.15) is 4.98 Å². The SMILES string of the molecule is Cc1nc(-c2ccnc(-c3cc(OCCN4CCOCC4)ccn3)c2)no1. The van der Waals surface area contributed by atoms with Gasteiger partial charge in [0.25, 0.3) is 0 Å². The fraction of sp³-hybridized carbons (Fsp3) is 0.368. The molecule has 0 aromatic carbocycles. The number of hydrogen-bond donors (Lipinski definition) is 0. The molecule has 1 fully saturated rings. The topological polar surface area (TPSA) is 86.4 Å². The third kappa shape index (κ3) is 4.47. The van der Waals surface area contributed by atoms with E-state index in [1.807, 2.05) is 24.3 Å². The Bertz CT molecular complexity index is 892. The van der Waals surface area contributed by atoms with E-state index >= 15 is 0 Å². The smallest absolute Gasteiger partial charge is 0.223 e. The quantitative estimate of drug-likeness (QED) is 0.655. The Labute approximate surface area is 157 Å². The summed E-state index contributed by atoms with van der Waals surface area (Å²) in [6, 6.07) is 7.49. The van der Waals surface area contributed by atoms with Gasteiger partial charge in [-0.15, -0.1) is 0 Å². The molecule has 3 aromatic rings. The van der Waals surface area contributed by atoms with Crippen molar-refractivity contribution in [2.75, 3.05) is 39.5 Å². The Morgan fingerprint density at radius 3 is 2.63 bits per heavy atom. The molecule has 0 spiro atoms. The van der Waals surface area contributed by atoms with Crippen molar-refractivity contribution in [3.63, 3.8) is 0 Å². The molecule has 8 heteroatoms. The van der Waals surface area contributed by atoms with Crippen LogP contribution < -0.4 is 4.74 Å². The fourth-order valence-corrected chi connectivity index (χ4v) is 2.88. The lowest BCUT2D eigenvalue weighted by Gasteiger charge is -2.26. The van der Waals surface area contributed by atoms with E-state index in [0.717, 1.165) is 55.5 Å². The second kappa shape index (κ2) is 8.24. The van der Waals surface area contributed by atoms with Crippen LogP contribution in [0.15, 0.2) is 41.2 Å². The normalized spacial score (nSPS) is 15.0. The van der Waals surface area contributed by atoms with Crippen LogP contribution >= 0.6 is 0 Å². The maximum atomic E-state index is 5.90. The van der Waals surface area contributed by atoms with Crippen molar-refractivity contribution in [1.82, 2.24) is 25.0 Å². The van der Waals surface area contributed by atoms with Crippen molar-refractivity contribution in [3.8, 4) is 28.5 Å². The van der Waals surface area contributed by atoms with Gasteiger partial charge in [0.1, 0.15) is 12.4 Å². The molecular formula is C19H21N5O3. The van der Waals surface area contributed by atoms with Gasteiger partial charge in [-0.3, -0.25) is 14.9 Å². The Balaban J connectivity index is 1.44. The maximum Gasteiger partial charge on any atom is 0.223 e. The van der Waals surface area contributed by atoms with E-state index < -0.39 is 0 Å². The Kier molecular flexibility index (Phi) is 5.36. The van der Waals surface area contributed by atoms with Crippen molar-refractivity contribution in [3.05, 3.63) is 42.5 Å². The third-order valence-corrected chi connectivity index (χ3v) is 4.32. The number of hydrogen-bond acceptors (Lipinski definition) is 8. The van der Waals surface area contributed by atoms with Gasteiger partial charge in [-0.05, 0) is 18.2 Å². The van der Waals surface area contributed by atoms with Crippen LogP contribution in [0.3, 0.4) is 0 Å². The number of morpholine rings is 1. The zero-order valence-corrected chi connectivity index (χ0v) is 15.2. The van der Waals surface area contributed by atoms with Crippen LogP contribution in [-0.2, 0) is 4.74 Å². The Hall–Kier alpha value is -2.84. The van der Waals surface area contributed by atoms with E-state index in [9.17, 15) is 0 Å². The molecule has 140 valence electrons. The summed E-state index contributed by atoms with van der Waals surface area (Å²) in [4.78, 5) is 15.4. The van der Waals surface area contributed by atoms with E-state index in [0.29, 0.717) is 18.3 Å². The monoisotopic (exact) mass is 367 g/mol. The van der Waals surface area contributed by atoms with Crippen molar-refractivity contribution in [1.29, 1.82) is 0 Å². The third-order valence-electron chi connectivity index (χ3n) is 4.32. The van der Waals surface area contributed by atoms with Crippen LogP contribution in [0.2, 0.25) is 0 Å². The molecule has 1 aliphatic rings. The average molecular weight is 367 g/mol. The van der Waals surface area contributed by atoms with E-state index in [-0.39, 0.29) is 0 Å². The molecule has 0 radical (unpaired) electrons. The van der Waals surface area contributed by atoms with Crippen LogP contribution in [0, 0.1) is 6.92 Å². The summed E-state index contributed by atoms with van der Waals surface area (Å²) in [5.41, 5.74) is 2.30. The fourth-order valence-electron chi connectivity index (χ4n) is 2.88. The van der Waals surface area contributed by atoms with Gasteiger partial charge in [-0.25, -0.2) is 0 Å². The predicted molar refractivity (Wildman–Crippen MR) is 98.3 cm³/mol. The highest BCUT2D eigenvalue weighted by Gasteiger charge is 2.11. The van der Waals surface area contributed by atoms with Crippen molar-refractivity contribution >= 4 is 0 Å². The van der Waals surface area contributed by atoms with Crippen molar-refractivity contribution in [2.45, 2.75) is 6.92 Å². The average Bonchev–Trinajstić information content (AvgIpc) is 3.16. The number of rotatable bonds is 6. The van der Waals surface area contributed by atoms with Crippen molar-refractivity contribution in [2.24, 2.45) is 0 Å². The molecule has 0 N–H and O–H groups in total. The van der Waals surface area contributed by atoms with Gasteiger partial charge in [-0.1, -0.05) is 5.16 Å². The summed E-state index contributed by atoms with van der Waals surface area (Å²) in [6.45, 7) is 6.76. The highest BCUT2D eigenvalue weighted by molar-refractivity contribution is 5.64. The van der Waals surface area contributed by atoms with Crippen molar-refractivity contribution < 1.29 is 14.0 Å². The lowest BCUT2D eigenvalue weighted by atomic mass is 10.1. The van der Waals surface area contributed by atoms with Gasteiger partial charge >= 0.3 is 0 Å². The Morgan fingerprint density at radius 1 is 1.07 bits per heavy atom. The van der Waals surface area contributed by atoms with E-state index in [4.69, 9.17) is 14.0 Å². The molecule has 27 heavy (non-hydrogen) atoms. The first-order chi connectivity index (χ1) is 13.3. The minimum atomic E-state index is 0.525. The summed E-state index contributed by atoms with van der Waals surface area (Å²) in [5.74, 6) is 1.84. The largest absolute Gasteiger partial charge is 0.492 e. The first-order valence-corrected chi connectivity index (χ1v) is 8.94. The van der Waals surface area contributed by atoms with Crippen LogP contribution in [0.25, 0.3) is 22.8 Å². The number of aryl methyl sites for hydroxylation is 1. The minimum absolute atomic E-state index is 0.525. The number of nitrogens with zero attached hydrogens (tertiary/aromatic N) is 5. The molecule has 1 saturated heterocycles. The van der Waals surface area contributed by atoms with Gasteiger partial charge in [0.15, 0.2) is 0 Å². The molecular weight excluding hydrogens is 346 g/mol. The summed E-state index contributed by atoms with van der Waals surface area (Å²) in [6.07, 6.45) is 3.44. The van der Waals surface area contributed by atoms with E-state index in [2.05, 4.69) is 25.0 Å². The first-order valence-electron chi connectivity index (χ1n) is 8.94. The summed E-state index contributed by atoms with van der Waals surface area (Å²) in [5, 5.41) is 3.95. The lowest BCUT2D eigenvalue weighted by Crippen LogP contribution is -2.38. The van der Waals surface area contributed by atoms with Gasteiger partial charge in [0.05, 0.1) is 24.6 Å². The summed E-state index contributed by atoms with van der Waals surface area (Å²) in [7, 11) is 0. The van der Waals surface area contributed by atoms with Gasteiger partial charge in [0, 0.05) is 50.6 Å². The molecule has 0 amide bonds. The number of aromatic nitrogens is 4. The van der Waals surface area contributed by atoms with Crippen LogP contribution in [0.4, 0.5) is 0 Å². The van der Waals surface area contributed by atoms with E-state index in [1.165, 1.54) is 0 Å². The van der Waals surface area contributed by atoms with Crippen LogP contribution in [-0.4, -0.2) is 64.5 Å². The zero-order valence-electron chi connectivity index (χ0n) is 15.2. The zero-order chi connectivity index (χ0) is 18.5. The molecule has 0 saturated carbocycles. The second-order valence-electron chi connectivity index (χ2n) is 6.25. The van der Waals surface area contributed by atoms with Gasteiger partial charge < -0.3 is 14.0 Å². The molecule has 4 heterocycles. The Morgan fingerprint density at radius 2 is 1.85 bits per heavy atom. The molecule has 3 aromatic heterocycles. The highest BCUT2D eigenvalue weighted by atomic mass is 16.5. The molecule has 4 rings (SSSR count). The van der Waals surface area contributed by atoms with Crippen LogP contribution in [0.1, 0.15) is 5.89 Å². The van der Waals surface area contributed by atoms with Crippen LogP contribution in [0.5, 0.6) is 5.75 Å². The highest BCUT2D eigenvalue weighted by Crippen LogP contribution is 2.24. The second-order valence-corrected chi connectivity index (χ2v) is 6.25. The molecule has 0 aliphatic carbocycles. The molecule has 8 nitrogen and oxygen atoms in total. The van der Waals surface area contributed by atoms with Gasteiger partial charge in [0.2, 0.25) is 11.7 Å². The lowest BCUT2D eigenvalue weighted by molar-refractivity contribution is 0.0322. The molecule has 0 unspecified atom stereocenters. The summed E-state index contributed by atoms with van der Waals surface area (Å²) < 4.78 is 16.3. The molecule has 0 atom stereocenters. The minimum Gasteiger partial charge on any atom is -0.492 e. The standard InChI is InChI=1S/C19H21N5O3/c1-14-22-19(23-27-14)15-2-4-20-17(12-15)18-13-16(3-5-21-18)26-11-8-24-6-9-25-10-7-24/h2-5,12-13H,6-11H2,1H3. The van der Waals surface area contributed by atoms with E-state index in [1.54, 1.807) is 19.3 Å². The predicted octanol–water partition coefficient (Wildman–Crippen LogP) is 2.21. The molecule has 0 bridgehead atoms.